The van der Waals surface area contributed by atoms with Gasteiger partial charge in [-0.15, -0.1) is 0 Å². The van der Waals surface area contributed by atoms with Crippen LogP contribution in [0, 0.1) is 5.92 Å². The third-order valence-corrected chi connectivity index (χ3v) is 3.94. The second-order valence-corrected chi connectivity index (χ2v) is 5.39. The molecule has 2 aliphatic heterocycles. The maximum absolute atomic E-state index is 12.4. The maximum Gasteiger partial charge on any atom is 0.332 e. The Labute approximate surface area is 112 Å². The van der Waals surface area contributed by atoms with E-state index in [4.69, 9.17) is 5.73 Å². The van der Waals surface area contributed by atoms with Crippen LogP contribution < -0.4 is 10.6 Å². The van der Waals surface area contributed by atoms with Gasteiger partial charge in [-0.05, 0) is 37.0 Å². The van der Waals surface area contributed by atoms with Crippen molar-refractivity contribution in [3.05, 3.63) is 24.3 Å². The number of fused-ring (bicyclic) bond motifs is 1. The molecule has 0 bridgehead atoms. The van der Waals surface area contributed by atoms with E-state index in [9.17, 15) is 9.59 Å². The van der Waals surface area contributed by atoms with Gasteiger partial charge in [0.2, 0.25) is 0 Å². The van der Waals surface area contributed by atoms with Crippen LogP contribution in [0.2, 0.25) is 0 Å². The minimum Gasteiger partial charge on any atom is -0.399 e. The van der Waals surface area contributed by atoms with Crippen molar-refractivity contribution in [2.24, 2.45) is 5.92 Å². The maximum atomic E-state index is 12.4. The van der Waals surface area contributed by atoms with Crippen LogP contribution in [0.4, 0.5) is 16.2 Å². The highest BCUT2D eigenvalue weighted by Crippen LogP contribution is 2.33. The molecule has 0 aliphatic carbocycles. The first kappa shape index (κ1) is 12.0. The summed E-state index contributed by atoms with van der Waals surface area (Å²) in [6.45, 7) is 2.79. The predicted molar refractivity (Wildman–Crippen MR) is 72.6 cm³/mol. The summed E-state index contributed by atoms with van der Waals surface area (Å²) in [4.78, 5) is 27.7. The molecule has 2 atom stereocenters. The lowest BCUT2D eigenvalue weighted by atomic mass is 9.93. The fourth-order valence-corrected chi connectivity index (χ4v) is 2.88. The van der Waals surface area contributed by atoms with E-state index < -0.39 is 0 Å². The number of nitrogens with two attached hydrogens (primary N) is 1. The standard InChI is InChI=1S/C14H17N3O2/c1-9-5-6-16-12(7-9)13(18)17(14(16)19)11-4-2-3-10(15)8-11/h2-4,8-9,12H,5-7,15H2,1H3. The zero-order valence-electron chi connectivity index (χ0n) is 10.9. The Hall–Kier alpha value is -2.04. The topological polar surface area (TPSA) is 66.6 Å². The zero-order valence-corrected chi connectivity index (χ0v) is 10.9. The summed E-state index contributed by atoms with van der Waals surface area (Å²) in [6.07, 6.45) is 1.71. The largest absolute Gasteiger partial charge is 0.399 e. The Morgan fingerprint density at radius 3 is 2.84 bits per heavy atom. The summed E-state index contributed by atoms with van der Waals surface area (Å²) in [5, 5.41) is 0. The second-order valence-electron chi connectivity index (χ2n) is 5.39. The van der Waals surface area contributed by atoms with Gasteiger partial charge in [0.25, 0.3) is 5.91 Å². The van der Waals surface area contributed by atoms with Crippen LogP contribution in [0.5, 0.6) is 0 Å². The molecule has 2 saturated heterocycles. The summed E-state index contributed by atoms with van der Waals surface area (Å²) >= 11 is 0. The number of imide groups is 1. The van der Waals surface area contributed by atoms with Crippen LogP contribution >= 0.6 is 0 Å². The van der Waals surface area contributed by atoms with E-state index >= 15 is 0 Å². The highest BCUT2D eigenvalue weighted by atomic mass is 16.2. The van der Waals surface area contributed by atoms with Gasteiger partial charge in [-0.25, -0.2) is 9.69 Å². The number of amides is 3. The van der Waals surface area contributed by atoms with Gasteiger partial charge in [-0.2, -0.15) is 0 Å². The number of hydrogen-bond donors (Lipinski definition) is 1. The number of nitrogens with zero attached hydrogens (tertiary/aromatic N) is 2. The molecular weight excluding hydrogens is 242 g/mol. The number of benzene rings is 1. The molecule has 2 heterocycles. The lowest BCUT2D eigenvalue weighted by Gasteiger charge is -2.30. The summed E-state index contributed by atoms with van der Waals surface area (Å²) in [7, 11) is 0. The van der Waals surface area contributed by atoms with Crippen molar-refractivity contribution in [1.82, 2.24) is 4.90 Å². The van der Waals surface area contributed by atoms with Gasteiger partial charge in [-0.3, -0.25) is 4.79 Å². The van der Waals surface area contributed by atoms with E-state index in [1.807, 2.05) is 0 Å². The molecule has 1 aromatic rings. The third-order valence-electron chi connectivity index (χ3n) is 3.94. The van der Waals surface area contributed by atoms with E-state index in [0.717, 1.165) is 12.8 Å². The third kappa shape index (κ3) is 1.85. The minimum atomic E-state index is -0.294. The Morgan fingerprint density at radius 2 is 2.11 bits per heavy atom. The zero-order chi connectivity index (χ0) is 13.6. The van der Waals surface area contributed by atoms with Gasteiger partial charge in [0.15, 0.2) is 0 Å². The molecule has 100 valence electrons. The van der Waals surface area contributed by atoms with E-state index in [0.29, 0.717) is 23.8 Å². The van der Waals surface area contributed by atoms with E-state index in [2.05, 4.69) is 6.92 Å². The highest BCUT2D eigenvalue weighted by molar-refractivity contribution is 6.21. The first-order chi connectivity index (χ1) is 9.08. The molecule has 19 heavy (non-hydrogen) atoms. The number of rotatable bonds is 1. The van der Waals surface area contributed by atoms with Crippen molar-refractivity contribution in [3.63, 3.8) is 0 Å². The average molecular weight is 259 g/mol. The van der Waals surface area contributed by atoms with E-state index in [-0.39, 0.29) is 18.0 Å². The van der Waals surface area contributed by atoms with Gasteiger partial charge in [0.1, 0.15) is 6.04 Å². The molecule has 2 N–H and O–H groups in total. The number of urea groups is 1. The Bertz CT molecular complexity index is 543. The highest BCUT2D eigenvalue weighted by Gasteiger charge is 2.47. The molecule has 1 aromatic carbocycles. The van der Waals surface area contributed by atoms with Gasteiger partial charge < -0.3 is 10.6 Å². The quantitative estimate of drug-likeness (QED) is 0.618. The molecule has 2 unspecified atom stereocenters. The molecule has 0 spiro atoms. The van der Waals surface area contributed by atoms with Crippen molar-refractivity contribution in [2.45, 2.75) is 25.8 Å². The van der Waals surface area contributed by atoms with Crippen molar-refractivity contribution in [2.75, 3.05) is 17.2 Å². The molecule has 5 nitrogen and oxygen atoms in total. The van der Waals surface area contributed by atoms with Gasteiger partial charge in [0.05, 0.1) is 5.69 Å². The summed E-state index contributed by atoms with van der Waals surface area (Å²) in [5.74, 6) is 0.362. The van der Waals surface area contributed by atoms with Gasteiger partial charge in [-0.1, -0.05) is 13.0 Å². The van der Waals surface area contributed by atoms with Crippen LogP contribution in [0.1, 0.15) is 19.8 Å². The molecule has 5 heteroatoms. The predicted octanol–water partition coefficient (Wildman–Crippen LogP) is 1.84. The van der Waals surface area contributed by atoms with Gasteiger partial charge >= 0.3 is 6.03 Å². The molecule has 0 aromatic heterocycles. The number of anilines is 2. The van der Waals surface area contributed by atoms with Crippen molar-refractivity contribution in [3.8, 4) is 0 Å². The summed E-state index contributed by atoms with van der Waals surface area (Å²) in [6, 6.07) is 6.39. The fourth-order valence-electron chi connectivity index (χ4n) is 2.88. The molecular formula is C14H17N3O2. The number of carbonyl (C=O) groups is 2. The van der Waals surface area contributed by atoms with Gasteiger partial charge in [0, 0.05) is 12.2 Å². The fraction of sp³-hybridized carbons (Fsp3) is 0.429. The normalized spacial score (nSPS) is 26.8. The smallest absolute Gasteiger partial charge is 0.332 e. The lowest BCUT2D eigenvalue weighted by Crippen LogP contribution is -2.41. The second kappa shape index (κ2) is 4.26. The first-order valence-electron chi connectivity index (χ1n) is 6.58. The summed E-state index contributed by atoms with van der Waals surface area (Å²) < 4.78 is 0. The number of carbonyl (C=O) groups excluding carboxylic acids is 2. The lowest BCUT2D eigenvalue weighted by molar-refractivity contribution is -0.120. The SMILES string of the molecule is CC1CCN2C(=O)N(c3cccc(N)c3)C(=O)C2C1. The van der Waals surface area contributed by atoms with Crippen LogP contribution in [0.15, 0.2) is 24.3 Å². The van der Waals surface area contributed by atoms with Crippen molar-refractivity contribution < 1.29 is 9.59 Å². The summed E-state index contributed by atoms with van der Waals surface area (Å²) in [5.41, 5.74) is 6.84. The Balaban J connectivity index is 1.95. The van der Waals surface area contributed by atoms with Crippen LogP contribution in [0.3, 0.4) is 0 Å². The average Bonchev–Trinajstić information content (AvgIpc) is 2.61. The molecule has 2 aliphatic rings. The molecule has 2 fully saturated rings. The molecule has 3 amide bonds. The van der Waals surface area contributed by atoms with Crippen molar-refractivity contribution >= 4 is 23.3 Å². The van der Waals surface area contributed by atoms with Crippen LogP contribution in [-0.2, 0) is 4.79 Å². The van der Waals surface area contributed by atoms with Crippen LogP contribution in [0.25, 0.3) is 0 Å². The molecule has 0 radical (unpaired) electrons. The molecule has 3 rings (SSSR count). The number of piperidine rings is 1. The van der Waals surface area contributed by atoms with Crippen LogP contribution in [-0.4, -0.2) is 29.4 Å². The Kier molecular flexibility index (Phi) is 2.69. The minimum absolute atomic E-state index is 0.123. The first-order valence-corrected chi connectivity index (χ1v) is 6.58. The number of nitrogen functional groups attached to an aromatic ring is 1. The Morgan fingerprint density at radius 1 is 1.32 bits per heavy atom. The van der Waals surface area contributed by atoms with Crippen molar-refractivity contribution in [1.29, 1.82) is 0 Å². The van der Waals surface area contributed by atoms with E-state index in [1.54, 1.807) is 29.2 Å². The number of hydrogen-bond acceptors (Lipinski definition) is 3. The monoisotopic (exact) mass is 259 g/mol. The molecule has 0 saturated carbocycles. The van der Waals surface area contributed by atoms with E-state index in [1.165, 1.54) is 4.90 Å².